The van der Waals surface area contributed by atoms with Gasteiger partial charge in [-0.25, -0.2) is 8.42 Å². The van der Waals surface area contributed by atoms with Crippen LogP contribution in [0.2, 0.25) is 5.02 Å². The van der Waals surface area contributed by atoms with Crippen molar-refractivity contribution in [3.8, 4) is 11.3 Å². The van der Waals surface area contributed by atoms with Crippen molar-refractivity contribution in [1.82, 2.24) is 14.6 Å². The number of carboxylic acids is 1. The number of aliphatic hydroxyl groups excluding tert-OH is 1. The number of hydrogen-bond donors (Lipinski definition) is 3. The Morgan fingerprint density at radius 2 is 1.95 bits per heavy atom. The van der Waals surface area contributed by atoms with Crippen molar-refractivity contribution in [2.24, 2.45) is 0 Å². The number of carboxylic acid groups (broad SMARTS) is 1. The fraction of sp³-hybridized carbons (Fsp3) is 0.429. The highest BCUT2D eigenvalue weighted by molar-refractivity contribution is 7.89. The van der Waals surface area contributed by atoms with Crippen LogP contribution in [0.5, 0.6) is 0 Å². The fourth-order valence-corrected chi connectivity index (χ4v) is 6.48. The molecule has 0 fully saturated rings. The Bertz CT molecular complexity index is 1350. The maximum Gasteiger partial charge on any atom is 0.303 e. The molecule has 11 heteroatoms. The SMILES string of the molecule is CN(CC(O)CNC(C)(C)CCCc1cccs1)S(=O)(=O)c1ccc(-c2cccc(CCC(=O)O)n2)c(Cl)c1. The molecule has 1 aromatic carbocycles. The van der Waals surface area contributed by atoms with E-state index in [4.69, 9.17) is 16.7 Å². The van der Waals surface area contributed by atoms with Gasteiger partial charge in [0.25, 0.3) is 0 Å². The molecule has 0 bridgehead atoms. The molecule has 0 radical (unpaired) electrons. The maximum atomic E-state index is 13.2. The average molecular weight is 594 g/mol. The number of sulfonamides is 1. The number of halogens is 1. The lowest BCUT2D eigenvalue weighted by molar-refractivity contribution is -0.136. The number of nitrogens with one attached hydrogen (secondary N) is 1. The molecule has 0 aliphatic heterocycles. The van der Waals surface area contributed by atoms with Gasteiger partial charge in [-0.1, -0.05) is 23.7 Å². The van der Waals surface area contributed by atoms with Crippen LogP contribution in [0.15, 0.2) is 58.8 Å². The lowest BCUT2D eigenvalue weighted by Gasteiger charge is -2.29. The van der Waals surface area contributed by atoms with Crippen LogP contribution in [-0.4, -0.2) is 65.7 Å². The van der Waals surface area contributed by atoms with Gasteiger partial charge in [-0.2, -0.15) is 4.31 Å². The zero-order chi connectivity index (χ0) is 28.6. The van der Waals surface area contributed by atoms with Gasteiger partial charge in [0.2, 0.25) is 10.0 Å². The van der Waals surface area contributed by atoms with E-state index >= 15 is 0 Å². The van der Waals surface area contributed by atoms with Crippen molar-refractivity contribution < 1.29 is 23.4 Å². The Labute approximate surface area is 239 Å². The molecular weight excluding hydrogens is 558 g/mol. The maximum absolute atomic E-state index is 13.2. The van der Waals surface area contributed by atoms with E-state index in [0.29, 0.717) is 17.0 Å². The summed E-state index contributed by atoms with van der Waals surface area (Å²) < 4.78 is 27.5. The second-order valence-corrected chi connectivity index (χ2v) is 13.7. The third-order valence-corrected chi connectivity index (χ3v) is 9.48. The summed E-state index contributed by atoms with van der Waals surface area (Å²) in [5, 5.41) is 25.1. The van der Waals surface area contributed by atoms with E-state index in [1.54, 1.807) is 35.6 Å². The lowest BCUT2D eigenvalue weighted by Crippen LogP contribution is -2.46. The van der Waals surface area contributed by atoms with Crippen LogP contribution >= 0.6 is 22.9 Å². The number of aryl methyl sites for hydroxylation is 2. The number of benzene rings is 1. The number of β-amino-alcohol motifs (C(OH)–C–C–N with tert-alkyl or cyclic N) is 1. The molecule has 0 aliphatic carbocycles. The molecule has 212 valence electrons. The Hall–Kier alpha value is -2.34. The first-order chi connectivity index (χ1) is 18.4. The first-order valence-electron chi connectivity index (χ1n) is 12.8. The van der Waals surface area contributed by atoms with Crippen molar-refractivity contribution in [2.75, 3.05) is 20.1 Å². The average Bonchev–Trinajstić information content (AvgIpc) is 3.40. The summed E-state index contributed by atoms with van der Waals surface area (Å²) >= 11 is 8.21. The number of aliphatic carboxylic acids is 1. The van der Waals surface area contributed by atoms with Crippen LogP contribution in [0.1, 0.15) is 43.7 Å². The van der Waals surface area contributed by atoms with Crippen molar-refractivity contribution >= 4 is 38.9 Å². The van der Waals surface area contributed by atoms with Crippen LogP contribution < -0.4 is 5.32 Å². The third-order valence-electron chi connectivity index (χ3n) is 6.42. The Morgan fingerprint density at radius 1 is 1.18 bits per heavy atom. The largest absolute Gasteiger partial charge is 0.481 e. The minimum absolute atomic E-state index is 0.00912. The second-order valence-electron chi connectivity index (χ2n) is 10.2. The summed E-state index contributed by atoms with van der Waals surface area (Å²) in [4.78, 5) is 16.7. The second kappa shape index (κ2) is 13.8. The van der Waals surface area contributed by atoms with Crippen molar-refractivity contribution in [3.63, 3.8) is 0 Å². The molecule has 0 aliphatic rings. The third kappa shape index (κ3) is 9.37. The number of carbonyl (C=O) groups is 1. The van der Waals surface area contributed by atoms with Crippen molar-refractivity contribution in [1.29, 1.82) is 0 Å². The number of aliphatic hydroxyl groups is 1. The van der Waals surface area contributed by atoms with Gasteiger partial charge in [0.1, 0.15) is 0 Å². The number of aromatic nitrogens is 1. The monoisotopic (exact) mass is 593 g/mol. The number of pyridine rings is 1. The highest BCUT2D eigenvalue weighted by Crippen LogP contribution is 2.30. The number of thiophene rings is 1. The number of nitrogens with zero attached hydrogens (tertiary/aromatic N) is 2. The van der Waals surface area contributed by atoms with E-state index in [2.05, 4.69) is 41.7 Å². The first kappa shape index (κ1) is 31.2. The van der Waals surface area contributed by atoms with Gasteiger partial charge < -0.3 is 15.5 Å². The molecule has 8 nitrogen and oxygen atoms in total. The Balaban J connectivity index is 1.58. The van der Waals surface area contributed by atoms with E-state index in [9.17, 15) is 18.3 Å². The van der Waals surface area contributed by atoms with Crippen LogP contribution in [-0.2, 0) is 27.7 Å². The Morgan fingerprint density at radius 3 is 2.62 bits per heavy atom. The van der Waals surface area contributed by atoms with Gasteiger partial charge in [-0.15, -0.1) is 11.3 Å². The number of hydrogen-bond acceptors (Lipinski definition) is 7. The molecular formula is C28H36ClN3O5S2. The van der Waals surface area contributed by atoms with Gasteiger partial charge in [0.05, 0.1) is 28.1 Å². The molecule has 2 aromatic heterocycles. The summed E-state index contributed by atoms with van der Waals surface area (Å²) in [7, 11) is -2.47. The van der Waals surface area contributed by atoms with Crippen LogP contribution in [0.25, 0.3) is 11.3 Å². The van der Waals surface area contributed by atoms with Crippen LogP contribution in [0.4, 0.5) is 0 Å². The molecule has 3 aromatic rings. The molecule has 1 unspecified atom stereocenters. The molecule has 3 N–H and O–H groups in total. The molecule has 0 spiro atoms. The minimum atomic E-state index is -3.90. The summed E-state index contributed by atoms with van der Waals surface area (Å²) in [5.74, 6) is -0.909. The molecule has 2 heterocycles. The van der Waals surface area contributed by atoms with Crippen molar-refractivity contribution in [2.45, 2.75) is 62.5 Å². The van der Waals surface area contributed by atoms with Gasteiger partial charge in [0, 0.05) is 48.2 Å². The van der Waals surface area contributed by atoms with Crippen LogP contribution in [0.3, 0.4) is 0 Å². The van der Waals surface area contributed by atoms with E-state index in [1.807, 2.05) is 0 Å². The lowest BCUT2D eigenvalue weighted by atomic mass is 9.96. The summed E-state index contributed by atoms with van der Waals surface area (Å²) in [6.45, 7) is 4.34. The summed E-state index contributed by atoms with van der Waals surface area (Å²) in [5.41, 5.74) is 1.48. The smallest absolute Gasteiger partial charge is 0.303 e. The molecule has 1 atom stereocenters. The standard InChI is InChI=1S/C28H36ClN3O5S2/c1-28(2,15-5-8-22-9-6-16-38-22)30-18-21(33)19-32(3)39(36,37)23-12-13-24(25(29)17-23)26-10-4-7-20(31-26)11-14-27(34)35/h4,6-7,9-10,12-13,16-17,21,30,33H,5,8,11,14-15,18-19H2,1-3H3,(H,34,35). The first-order valence-corrected chi connectivity index (χ1v) is 15.5. The molecule has 3 rings (SSSR count). The number of likely N-dealkylation sites (N-methyl/N-ethyl adjacent to an activating group) is 1. The van der Waals surface area contributed by atoms with Gasteiger partial charge in [0.15, 0.2) is 0 Å². The highest BCUT2D eigenvalue weighted by atomic mass is 35.5. The fourth-order valence-electron chi connectivity index (χ4n) is 4.15. The topological polar surface area (TPSA) is 120 Å². The predicted molar refractivity (Wildman–Crippen MR) is 156 cm³/mol. The zero-order valence-electron chi connectivity index (χ0n) is 22.4. The zero-order valence-corrected chi connectivity index (χ0v) is 24.8. The van der Waals surface area contributed by atoms with E-state index in [0.717, 1.165) is 23.6 Å². The van der Waals surface area contributed by atoms with Crippen LogP contribution in [0, 0.1) is 0 Å². The molecule has 39 heavy (non-hydrogen) atoms. The summed E-state index contributed by atoms with van der Waals surface area (Å²) in [6.07, 6.45) is 2.30. The molecule has 0 saturated heterocycles. The number of rotatable bonds is 15. The minimum Gasteiger partial charge on any atom is -0.481 e. The summed E-state index contributed by atoms with van der Waals surface area (Å²) in [6, 6.07) is 13.8. The van der Waals surface area contributed by atoms with Crippen molar-refractivity contribution in [3.05, 3.63) is 69.5 Å². The molecule has 0 amide bonds. The molecule has 0 saturated carbocycles. The quantitative estimate of drug-likeness (QED) is 0.230. The van der Waals surface area contributed by atoms with Gasteiger partial charge >= 0.3 is 5.97 Å². The predicted octanol–water partition coefficient (Wildman–Crippen LogP) is 4.85. The Kier molecular flexibility index (Phi) is 11.1. The van der Waals surface area contributed by atoms with E-state index < -0.39 is 22.1 Å². The van der Waals surface area contributed by atoms with Gasteiger partial charge in [-0.05, 0) is 74.9 Å². The normalized spacial score (nSPS) is 13.1. The highest BCUT2D eigenvalue weighted by Gasteiger charge is 2.25. The van der Waals surface area contributed by atoms with E-state index in [1.165, 1.54) is 24.1 Å². The van der Waals surface area contributed by atoms with Gasteiger partial charge in [-0.3, -0.25) is 9.78 Å². The van der Waals surface area contributed by atoms with E-state index in [-0.39, 0.29) is 41.4 Å².